The highest BCUT2D eigenvalue weighted by Gasteiger charge is 2.39. The molecule has 3 aromatic rings. The van der Waals surface area contributed by atoms with E-state index in [1.165, 1.54) is 22.8 Å². The highest BCUT2D eigenvalue weighted by atomic mass is 19.1. The molecule has 1 N–H and O–H groups in total. The van der Waals surface area contributed by atoms with Gasteiger partial charge < -0.3 is 9.80 Å². The molecule has 5 rings (SSSR count). The molecule has 2 aliphatic rings. The molecule has 1 aromatic heterocycles. The first-order valence-electron chi connectivity index (χ1n) is 12.0. The number of hydrogen-bond donors (Lipinski definition) is 1. The molecule has 2 fully saturated rings. The molecule has 1 saturated carbocycles. The predicted molar refractivity (Wildman–Crippen MR) is 129 cm³/mol. The number of piperazine rings is 1. The Morgan fingerprint density at radius 3 is 2.60 bits per heavy atom. The average Bonchev–Trinajstić information content (AvgIpc) is 3.72. The highest BCUT2D eigenvalue weighted by molar-refractivity contribution is 5.95. The van der Waals surface area contributed by atoms with Gasteiger partial charge >= 0.3 is 5.69 Å². The molecule has 1 aliphatic carbocycles. The molecule has 0 bridgehead atoms. The van der Waals surface area contributed by atoms with Crippen LogP contribution in [0.4, 0.5) is 4.39 Å². The van der Waals surface area contributed by atoms with Crippen LogP contribution in [0.5, 0.6) is 0 Å². The summed E-state index contributed by atoms with van der Waals surface area (Å²) in [7, 11) is 0. The number of hydrogen-bond acceptors (Lipinski definition) is 4. The Labute approximate surface area is 201 Å². The zero-order valence-electron chi connectivity index (χ0n) is 19.5. The lowest BCUT2D eigenvalue weighted by Crippen LogP contribution is -2.56. The Hall–Kier alpha value is -3.75. The lowest BCUT2D eigenvalue weighted by atomic mass is 10.0. The molecule has 182 valence electrons. The largest absolute Gasteiger partial charge is 0.336 e. The van der Waals surface area contributed by atoms with Gasteiger partial charge in [-0.05, 0) is 49.1 Å². The normalized spacial score (nSPS) is 18.2. The van der Waals surface area contributed by atoms with Crippen LogP contribution in [0.25, 0.3) is 10.9 Å². The van der Waals surface area contributed by atoms with Crippen LogP contribution >= 0.6 is 0 Å². The summed E-state index contributed by atoms with van der Waals surface area (Å²) in [5.74, 6) is -0.787. The lowest BCUT2D eigenvalue weighted by Gasteiger charge is -2.41. The number of benzene rings is 2. The smallest absolute Gasteiger partial charge is 0.329 e. The number of carbonyl (C=O) groups is 2. The summed E-state index contributed by atoms with van der Waals surface area (Å²) < 4.78 is 16.2. The third kappa shape index (κ3) is 4.38. The lowest BCUT2D eigenvalue weighted by molar-refractivity contribution is -0.137. The number of H-pyrrole nitrogens is 1. The maximum Gasteiger partial charge on any atom is 0.329 e. The molecule has 1 aliphatic heterocycles. The molecule has 35 heavy (non-hydrogen) atoms. The van der Waals surface area contributed by atoms with Crippen LogP contribution in [0.2, 0.25) is 0 Å². The van der Waals surface area contributed by atoms with Crippen molar-refractivity contribution in [2.75, 3.05) is 19.6 Å². The van der Waals surface area contributed by atoms with Crippen LogP contribution in [0.3, 0.4) is 0 Å². The minimum Gasteiger partial charge on any atom is -0.336 e. The quantitative estimate of drug-likeness (QED) is 0.609. The third-order valence-corrected chi connectivity index (χ3v) is 6.96. The van der Waals surface area contributed by atoms with Crippen molar-refractivity contribution in [3.63, 3.8) is 0 Å². The molecule has 2 aromatic carbocycles. The second-order valence-corrected chi connectivity index (χ2v) is 9.30. The van der Waals surface area contributed by atoms with Gasteiger partial charge in [0.2, 0.25) is 5.91 Å². The molecular formula is C26H27FN4O4. The van der Waals surface area contributed by atoms with Crippen LogP contribution in [0.1, 0.15) is 42.1 Å². The number of fused-ring (bicyclic) bond motifs is 1. The second-order valence-electron chi connectivity index (χ2n) is 9.30. The second kappa shape index (κ2) is 9.13. The van der Waals surface area contributed by atoms with Crippen LogP contribution in [0, 0.1) is 11.7 Å². The molecular weight excluding hydrogens is 451 g/mol. The summed E-state index contributed by atoms with van der Waals surface area (Å²) in [6, 6.07) is 10.9. The summed E-state index contributed by atoms with van der Waals surface area (Å²) in [5, 5.41) is 0.370. The van der Waals surface area contributed by atoms with E-state index in [0.29, 0.717) is 42.5 Å². The zero-order valence-corrected chi connectivity index (χ0v) is 19.5. The average molecular weight is 479 g/mol. The van der Waals surface area contributed by atoms with Gasteiger partial charge in [-0.25, -0.2) is 9.18 Å². The Bertz CT molecular complexity index is 1420. The first kappa shape index (κ1) is 23.0. The molecule has 9 heteroatoms. The van der Waals surface area contributed by atoms with Crippen molar-refractivity contribution in [3.05, 3.63) is 80.2 Å². The molecule has 2 amide bonds. The van der Waals surface area contributed by atoms with Gasteiger partial charge in [-0.2, -0.15) is 0 Å². The van der Waals surface area contributed by atoms with Gasteiger partial charge in [0.1, 0.15) is 5.82 Å². The van der Waals surface area contributed by atoms with Gasteiger partial charge in [0.15, 0.2) is 0 Å². The number of halogens is 1. The Morgan fingerprint density at radius 1 is 1.09 bits per heavy atom. The summed E-state index contributed by atoms with van der Waals surface area (Å²) in [4.78, 5) is 56.4. The Morgan fingerprint density at radius 2 is 1.86 bits per heavy atom. The number of amides is 2. The van der Waals surface area contributed by atoms with E-state index in [9.17, 15) is 23.6 Å². The van der Waals surface area contributed by atoms with Gasteiger partial charge in [0.05, 0.1) is 23.0 Å². The molecule has 1 unspecified atom stereocenters. The van der Waals surface area contributed by atoms with Gasteiger partial charge in [-0.1, -0.05) is 25.1 Å². The van der Waals surface area contributed by atoms with Crippen LogP contribution in [0.15, 0.2) is 52.1 Å². The van der Waals surface area contributed by atoms with E-state index in [1.807, 2.05) is 11.8 Å². The topological polar surface area (TPSA) is 95.5 Å². The molecule has 1 saturated heterocycles. The van der Waals surface area contributed by atoms with Crippen LogP contribution in [-0.4, -0.2) is 56.8 Å². The number of carbonyl (C=O) groups excluding carboxylic acids is 2. The van der Waals surface area contributed by atoms with Gasteiger partial charge in [-0.3, -0.25) is 23.9 Å². The fraction of sp³-hybridized carbons (Fsp3) is 0.385. The number of nitrogens with zero attached hydrogens (tertiary/aromatic N) is 3. The predicted octanol–water partition coefficient (Wildman–Crippen LogP) is 2.35. The van der Waals surface area contributed by atoms with Crippen molar-refractivity contribution < 1.29 is 14.0 Å². The molecule has 0 spiro atoms. The van der Waals surface area contributed by atoms with E-state index in [2.05, 4.69) is 4.98 Å². The van der Waals surface area contributed by atoms with Crippen molar-refractivity contribution in [1.82, 2.24) is 19.4 Å². The number of aromatic amines is 1. The Kier molecular flexibility index (Phi) is 6.00. The van der Waals surface area contributed by atoms with E-state index in [4.69, 9.17) is 0 Å². The number of aromatic nitrogens is 2. The number of rotatable bonds is 5. The van der Waals surface area contributed by atoms with E-state index < -0.39 is 23.0 Å². The van der Waals surface area contributed by atoms with Crippen molar-refractivity contribution in [2.45, 2.75) is 38.8 Å². The van der Waals surface area contributed by atoms with Crippen molar-refractivity contribution in [3.8, 4) is 0 Å². The summed E-state index contributed by atoms with van der Waals surface area (Å²) in [6.45, 7) is 3.21. The van der Waals surface area contributed by atoms with Gasteiger partial charge in [-0.15, -0.1) is 0 Å². The first-order valence-corrected chi connectivity index (χ1v) is 12.0. The molecule has 1 atom stereocenters. The zero-order chi connectivity index (χ0) is 24.7. The maximum absolute atomic E-state index is 14.8. The summed E-state index contributed by atoms with van der Waals surface area (Å²) >= 11 is 0. The summed E-state index contributed by atoms with van der Waals surface area (Å²) in [5.41, 5.74) is -0.0971. The van der Waals surface area contributed by atoms with Gasteiger partial charge in [0.25, 0.3) is 11.5 Å². The minimum atomic E-state index is -0.637. The van der Waals surface area contributed by atoms with Crippen molar-refractivity contribution in [1.29, 1.82) is 0 Å². The maximum atomic E-state index is 14.8. The molecule has 8 nitrogen and oxygen atoms in total. The minimum absolute atomic E-state index is 0.0674. The van der Waals surface area contributed by atoms with E-state index in [0.717, 1.165) is 12.8 Å². The first-order chi connectivity index (χ1) is 16.9. The third-order valence-electron chi connectivity index (χ3n) is 6.96. The van der Waals surface area contributed by atoms with E-state index >= 15 is 0 Å². The fourth-order valence-electron chi connectivity index (χ4n) is 4.83. The standard InChI is InChI=1S/C26H27FN4O4/c1-2-18-15-29(11-12-30(18)24(33)17-8-9-17)25(34)20-13-16(7-10-21(20)27)14-31-22-6-4-3-5-19(22)23(32)28-26(31)35/h3-7,10,13,17-18H,2,8-9,11-12,14-15H2,1H3,(H,28,32,35). The van der Waals surface area contributed by atoms with Gasteiger partial charge in [0, 0.05) is 31.6 Å². The Balaban J connectivity index is 1.40. The van der Waals surface area contributed by atoms with Crippen LogP contribution in [-0.2, 0) is 11.3 Å². The molecule has 2 heterocycles. The summed E-state index contributed by atoms with van der Waals surface area (Å²) in [6.07, 6.45) is 2.58. The van der Waals surface area contributed by atoms with Crippen molar-refractivity contribution in [2.24, 2.45) is 5.92 Å². The molecule has 0 radical (unpaired) electrons. The number of nitrogens with one attached hydrogen (secondary N) is 1. The number of para-hydroxylation sites is 1. The van der Waals surface area contributed by atoms with Crippen LogP contribution < -0.4 is 11.2 Å². The van der Waals surface area contributed by atoms with Crippen molar-refractivity contribution >= 4 is 22.7 Å². The van der Waals surface area contributed by atoms with E-state index in [1.54, 1.807) is 29.2 Å². The monoisotopic (exact) mass is 478 g/mol. The fourth-order valence-corrected chi connectivity index (χ4v) is 4.83. The SMILES string of the molecule is CCC1CN(C(=O)c2cc(Cn3c(=O)[nH]c(=O)c4ccccc43)ccc2F)CCN1C(=O)C1CC1. The highest BCUT2D eigenvalue weighted by Crippen LogP contribution is 2.33. The van der Waals surface area contributed by atoms with E-state index in [-0.39, 0.29) is 30.0 Å².